The fourth-order valence-electron chi connectivity index (χ4n) is 1.50. The number of anilines is 1. The van der Waals surface area contributed by atoms with E-state index >= 15 is 0 Å². The summed E-state index contributed by atoms with van der Waals surface area (Å²) >= 11 is 1.53. The van der Waals surface area contributed by atoms with Gasteiger partial charge in [0.15, 0.2) is 0 Å². The number of nitrogens with one attached hydrogen (secondary N) is 1. The van der Waals surface area contributed by atoms with Crippen molar-refractivity contribution in [3.8, 4) is 0 Å². The summed E-state index contributed by atoms with van der Waals surface area (Å²) in [6.45, 7) is 1.92. The number of benzene rings is 1. The number of aliphatic hydroxyl groups excluding tert-OH is 1. The van der Waals surface area contributed by atoms with Gasteiger partial charge in [-0.2, -0.15) is 11.8 Å². The van der Waals surface area contributed by atoms with Crippen LogP contribution in [-0.4, -0.2) is 35.2 Å². The summed E-state index contributed by atoms with van der Waals surface area (Å²) in [4.78, 5) is 11.9. The summed E-state index contributed by atoms with van der Waals surface area (Å²) in [5.74, 6) is -0.169. The van der Waals surface area contributed by atoms with Crippen LogP contribution in [0.3, 0.4) is 0 Å². The number of carbonyl (C=O) groups excluding carboxylic acids is 1. The Morgan fingerprint density at radius 3 is 2.82 bits per heavy atom. The topological polar surface area (TPSA) is 75.3 Å². The maximum atomic E-state index is 11.9. The fourth-order valence-corrected chi connectivity index (χ4v) is 2.13. The molecule has 0 aromatic heterocycles. The molecule has 2 unspecified atom stereocenters. The van der Waals surface area contributed by atoms with Crippen LogP contribution >= 0.6 is 11.8 Å². The molecule has 1 aromatic rings. The Bertz CT molecular complexity index is 381. The van der Waals surface area contributed by atoms with Gasteiger partial charge in [0.2, 0.25) is 0 Å². The van der Waals surface area contributed by atoms with Crippen LogP contribution in [0, 0.1) is 0 Å². The molecule has 1 amide bonds. The second kappa shape index (κ2) is 6.51. The standard InChI is InChI=1S/C12H18N2O2S/c1-8(11(7-15)17-2)14-12(16)9-4-3-5-10(13)6-9/h3-6,8,11,15H,7,13H2,1-2H3,(H,14,16). The first-order valence-electron chi connectivity index (χ1n) is 5.38. The molecular weight excluding hydrogens is 236 g/mol. The van der Waals surface area contributed by atoms with Crippen LogP contribution in [0.25, 0.3) is 0 Å². The molecule has 0 bridgehead atoms. The zero-order valence-electron chi connectivity index (χ0n) is 10.0. The number of aliphatic hydroxyl groups is 1. The number of nitrogen functional groups attached to an aromatic ring is 1. The van der Waals surface area contributed by atoms with E-state index in [1.807, 2.05) is 13.2 Å². The summed E-state index contributed by atoms with van der Waals surface area (Å²) in [7, 11) is 0. The molecule has 17 heavy (non-hydrogen) atoms. The normalized spacial score (nSPS) is 14.1. The average molecular weight is 254 g/mol. The lowest BCUT2D eigenvalue weighted by atomic mass is 10.1. The van der Waals surface area contributed by atoms with E-state index in [4.69, 9.17) is 10.8 Å². The third-order valence-corrected chi connectivity index (χ3v) is 3.71. The Kier molecular flexibility index (Phi) is 5.31. The lowest BCUT2D eigenvalue weighted by Gasteiger charge is -2.21. The SMILES string of the molecule is CSC(CO)C(C)NC(=O)c1cccc(N)c1. The zero-order valence-corrected chi connectivity index (χ0v) is 10.8. The number of amides is 1. The van der Waals surface area contributed by atoms with Crippen molar-refractivity contribution < 1.29 is 9.90 Å². The van der Waals surface area contributed by atoms with Crippen molar-refractivity contribution in [2.75, 3.05) is 18.6 Å². The summed E-state index contributed by atoms with van der Waals surface area (Å²) in [5, 5.41) is 12.0. The second-order valence-corrected chi connectivity index (χ2v) is 4.92. The van der Waals surface area contributed by atoms with Crippen LogP contribution in [0.15, 0.2) is 24.3 Å². The summed E-state index contributed by atoms with van der Waals surface area (Å²) in [6.07, 6.45) is 1.91. The summed E-state index contributed by atoms with van der Waals surface area (Å²) < 4.78 is 0. The van der Waals surface area contributed by atoms with Crippen LogP contribution < -0.4 is 11.1 Å². The number of rotatable bonds is 5. The molecule has 1 aromatic carbocycles. The van der Waals surface area contributed by atoms with Gasteiger partial charge in [0.05, 0.1) is 6.61 Å². The zero-order chi connectivity index (χ0) is 12.8. The maximum Gasteiger partial charge on any atom is 0.251 e. The van der Waals surface area contributed by atoms with Crippen molar-refractivity contribution in [3.63, 3.8) is 0 Å². The molecule has 0 saturated carbocycles. The van der Waals surface area contributed by atoms with E-state index in [1.165, 1.54) is 11.8 Å². The molecule has 5 heteroatoms. The molecule has 0 spiro atoms. The third kappa shape index (κ3) is 3.94. The molecule has 0 aliphatic carbocycles. The molecule has 0 aliphatic rings. The number of hydrogen-bond acceptors (Lipinski definition) is 4. The van der Waals surface area contributed by atoms with E-state index in [9.17, 15) is 4.79 Å². The van der Waals surface area contributed by atoms with Crippen molar-refractivity contribution in [2.45, 2.75) is 18.2 Å². The predicted octanol–water partition coefficient (Wildman–Crippen LogP) is 1.11. The minimum atomic E-state index is -0.169. The van der Waals surface area contributed by atoms with Gasteiger partial charge in [0.25, 0.3) is 5.91 Å². The van der Waals surface area contributed by atoms with E-state index < -0.39 is 0 Å². The maximum absolute atomic E-state index is 11.9. The average Bonchev–Trinajstić information content (AvgIpc) is 2.30. The first-order chi connectivity index (χ1) is 8.08. The van der Waals surface area contributed by atoms with Crippen molar-refractivity contribution in [1.82, 2.24) is 5.32 Å². The van der Waals surface area contributed by atoms with Crippen molar-refractivity contribution in [1.29, 1.82) is 0 Å². The highest BCUT2D eigenvalue weighted by Crippen LogP contribution is 2.12. The van der Waals surface area contributed by atoms with E-state index in [0.717, 1.165) is 0 Å². The van der Waals surface area contributed by atoms with Gasteiger partial charge in [-0.1, -0.05) is 6.07 Å². The second-order valence-electron chi connectivity index (χ2n) is 3.84. The van der Waals surface area contributed by atoms with Crippen molar-refractivity contribution in [3.05, 3.63) is 29.8 Å². The molecule has 0 heterocycles. The number of thioether (sulfide) groups is 1. The smallest absolute Gasteiger partial charge is 0.251 e. The van der Waals surface area contributed by atoms with Crippen molar-refractivity contribution >= 4 is 23.4 Å². The fraction of sp³-hybridized carbons (Fsp3) is 0.417. The molecule has 4 N–H and O–H groups in total. The quantitative estimate of drug-likeness (QED) is 0.688. The van der Waals surface area contributed by atoms with E-state index in [1.54, 1.807) is 24.3 Å². The van der Waals surface area contributed by atoms with Crippen LogP contribution in [0.1, 0.15) is 17.3 Å². The van der Waals surface area contributed by atoms with Gasteiger partial charge in [-0.05, 0) is 31.4 Å². The predicted molar refractivity (Wildman–Crippen MR) is 72.2 cm³/mol. The summed E-state index contributed by atoms with van der Waals surface area (Å²) in [5.41, 5.74) is 6.72. The third-order valence-electron chi connectivity index (χ3n) is 2.55. The summed E-state index contributed by atoms with van der Waals surface area (Å²) in [6, 6.07) is 6.73. The molecular formula is C12H18N2O2S. The molecule has 1 rings (SSSR count). The molecule has 0 saturated heterocycles. The van der Waals surface area contributed by atoms with Gasteiger partial charge >= 0.3 is 0 Å². The Morgan fingerprint density at radius 2 is 2.29 bits per heavy atom. The Balaban J connectivity index is 2.66. The first kappa shape index (κ1) is 13.9. The highest BCUT2D eigenvalue weighted by molar-refractivity contribution is 7.99. The Labute approximate surface area is 106 Å². The first-order valence-corrected chi connectivity index (χ1v) is 6.67. The minimum absolute atomic E-state index is 0.00000850. The van der Waals surface area contributed by atoms with E-state index in [2.05, 4.69) is 5.32 Å². The Morgan fingerprint density at radius 1 is 1.59 bits per heavy atom. The highest BCUT2D eigenvalue weighted by atomic mass is 32.2. The van der Waals surface area contributed by atoms with Crippen LogP contribution in [-0.2, 0) is 0 Å². The van der Waals surface area contributed by atoms with Gasteiger partial charge in [-0.3, -0.25) is 4.79 Å². The highest BCUT2D eigenvalue weighted by Gasteiger charge is 2.18. The van der Waals surface area contributed by atoms with Gasteiger partial charge in [-0.25, -0.2) is 0 Å². The number of hydrogen-bond donors (Lipinski definition) is 3. The molecule has 2 atom stereocenters. The van der Waals surface area contributed by atoms with Gasteiger partial charge < -0.3 is 16.2 Å². The number of carbonyl (C=O) groups is 1. The molecule has 4 nitrogen and oxygen atoms in total. The monoisotopic (exact) mass is 254 g/mol. The van der Waals surface area contributed by atoms with Gasteiger partial charge in [-0.15, -0.1) is 0 Å². The lowest BCUT2D eigenvalue weighted by molar-refractivity contribution is 0.0936. The molecule has 94 valence electrons. The van der Waals surface area contributed by atoms with Crippen LogP contribution in [0.2, 0.25) is 0 Å². The minimum Gasteiger partial charge on any atom is -0.399 e. The molecule has 0 aliphatic heterocycles. The van der Waals surface area contributed by atoms with Gasteiger partial charge in [0.1, 0.15) is 0 Å². The molecule has 0 fully saturated rings. The largest absolute Gasteiger partial charge is 0.399 e. The van der Waals surface area contributed by atoms with Crippen LogP contribution in [0.4, 0.5) is 5.69 Å². The van der Waals surface area contributed by atoms with Crippen molar-refractivity contribution in [2.24, 2.45) is 0 Å². The van der Waals surface area contributed by atoms with Crippen LogP contribution in [0.5, 0.6) is 0 Å². The van der Waals surface area contributed by atoms with E-state index in [-0.39, 0.29) is 23.8 Å². The van der Waals surface area contributed by atoms with Gasteiger partial charge in [0, 0.05) is 22.5 Å². The molecule has 0 radical (unpaired) electrons. The Hall–Kier alpha value is -1.20. The van der Waals surface area contributed by atoms with E-state index in [0.29, 0.717) is 11.3 Å². The number of nitrogens with two attached hydrogens (primary N) is 1. The lowest BCUT2D eigenvalue weighted by Crippen LogP contribution is -2.41.